The summed E-state index contributed by atoms with van der Waals surface area (Å²) in [5.74, 6) is 0.844. The molecule has 0 saturated carbocycles. The van der Waals surface area contributed by atoms with Crippen LogP contribution in [0.1, 0.15) is 78.2 Å². The lowest BCUT2D eigenvalue weighted by molar-refractivity contribution is 0.307. The van der Waals surface area contributed by atoms with Gasteiger partial charge < -0.3 is 4.74 Å². The number of aryl methyl sites for hydroxylation is 1. The number of alkyl halides is 1. The maximum absolute atomic E-state index is 5.74. The van der Waals surface area contributed by atoms with Gasteiger partial charge in [0.2, 0.25) is 0 Å². The van der Waals surface area contributed by atoms with Gasteiger partial charge in [-0.25, -0.2) is 0 Å². The Morgan fingerprint density at radius 3 is 1.94 bits per heavy atom. The zero-order valence-electron chi connectivity index (χ0n) is 21.1. The van der Waals surface area contributed by atoms with Crippen molar-refractivity contribution in [2.45, 2.75) is 79.6 Å². The molecule has 180 valence electrons. The number of nitrogens with zero attached hydrogens (tertiary/aromatic N) is 2. The van der Waals surface area contributed by atoms with Crippen molar-refractivity contribution in [2.24, 2.45) is 0 Å². The zero-order valence-corrected chi connectivity index (χ0v) is 22.7. The van der Waals surface area contributed by atoms with Crippen LogP contribution >= 0.6 is 15.9 Å². The molecule has 0 fully saturated rings. The third-order valence-electron chi connectivity index (χ3n) is 3.99. The second-order valence-corrected chi connectivity index (χ2v) is 7.90. The van der Waals surface area contributed by atoms with Gasteiger partial charge in [0.1, 0.15) is 5.75 Å². The van der Waals surface area contributed by atoms with Crippen molar-refractivity contribution in [1.82, 2.24) is 9.97 Å². The average Bonchev–Trinajstić information content (AvgIpc) is 2.82. The summed E-state index contributed by atoms with van der Waals surface area (Å²) in [5, 5.41) is 1.06. The fourth-order valence-corrected chi connectivity index (χ4v) is 2.44. The lowest BCUT2D eigenvalue weighted by atomic mass is 10.2. The first-order chi connectivity index (χ1) is 15.6. The van der Waals surface area contributed by atoms with Crippen molar-refractivity contribution in [2.75, 3.05) is 11.9 Å². The molecule has 32 heavy (non-hydrogen) atoms. The molecule has 2 heterocycles. The Hall–Kier alpha value is -1.94. The van der Waals surface area contributed by atoms with Crippen LogP contribution in [0.15, 0.2) is 62.0 Å². The molecule has 0 amide bonds. The Labute approximate surface area is 206 Å². The molecule has 0 unspecified atom stereocenters. The topological polar surface area (TPSA) is 35.0 Å². The van der Waals surface area contributed by atoms with Crippen LogP contribution in [0.25, 0.3) is 11.4 Å². The number of hydrogen-bond acceptors (Lipinski definition) is 3. The quantitative estimate of drug-likeness (QED) is 0.173. The molecule has 0 spiro atoms. The molecule has 2 aromatic heterocycles. The van der Waals surface area contributed by atoms with E-state index in [1.807, 2.05) is 64.1 Å². The molecule has 0 aliphatic carbocycles. The predicted octanol–water partition coefficient (Wildman–Crippen LogP) is 9.37. The van der Waals surface area contributed by atoms with Crippen molar-refractivity contribution in [1.29, 1.82) is 0 Å². The van der Waals surface area contributed by atoms with Gasteiger partial charge in [0.15, 0.2) is 0 Å². The molecule has 0 aliphatic heterocycles. The molecule has 2 aromatic rings. The van der Waals surface area contributed by atoms with Crippen molar-refractivity contribution in [3.05, 3.63) is 67.5 Å². The Morgan fingerprint density at radius 2 is 1.41 bits per heavy atom. The Bertz CT molecular complexity index is 689. The molecule has 0 aromatic carbocycles. The van der Waals surface area contributed by atoms with Gasteiger partial charge in [-0.1, -0.05) is 68.6 Å². The minimum absolute atomic E-state index is 0.721. The largest absolute Gasteiger partial charge is 0.493 e. The summed E-state index contributed by atoms with van der Waals surface area (Å²) in [6.07, 6.45) is 15.8. The summed E-state index contributed by atoms with van der Waals surface area (Å²) in [4.78, 5) is 8.70. The van der Waals surface area contributed by atoms with Gasteiger partial charge >= 0.3 is 0 Å². The van der Waals surface area contributed by atoms with Gasteiger partial charge in [-0.05, 0) is 62.8 Å². The minimum atomic E-state index is 0.721. The van der Waals surface area contributed by atoms with Crippen LogP contribution in [0.5, 0.6) is 5.75 Å². The molecular formula is C28H45BrN2O. The zero-order chi connectivity index (χ0) is 24.5. The smallest absolute Gasteiger partial charge is 0.123 e. The number of halogens is 1. The van der Waals surface area contributed by atoms with E-state index in [4.69, 9.17) is 4.74 Å². The van der Waals surface area contributed by atoms with Crippen molar-refractivity contribution in [3.63, 3.8) is 0 Å². The first-order valence-electron chi connectivity index (χ1n) is 11.9. The molecule has 3 nitrogen and oxygen atoms in total. The number of aromatic nitrogens is 2. The third-order valence-corrected chi connectivity index (χ3v) is 3.99. The van der Waals surface area contributed by atoms with E-state index in [0.717, 1.165) is 48.3 Å². The second kappa shape index (κ2) is 25.3. The number of allylic oxidation sites excluding steroid dienone is 2. The van der Waals surface area contributed by atoms with Gasteiger partial charge in [-0.15, -0.1) is 13.2 Å². The molecule has 0 atom stereocenters. The second-order valence-electron chi connectivity index (χ2n) is 6.78. The third kappa shape index (κ3) is 18.8. The van der Waals surface area contributed by atoms with Crippen molar-refractivity contribution < 1.29 is 4.74 Å². The fraction of sp³-hybridized carbons (Fsp3) is 0.500. The van der Waals surface area contributed by atoms with Crippen molar-refractivity contribution in [3.8, 4) is 17.1 Å². The molecule has 0 bridgehead atoms. The predicted molar refractivity (Wildman–Crippen MR) is 147 cm³/mol. The van der Waals surface area contributed by atoms with Gasteiger partial charge in [0.25, 0.3) is 0 Å². The summed E-state index contributed by atoms with van der Waals surface area (Å²) in [6.45, 7) is 18.4. The van der Waals surface area contributed by atoms with Gasteiger partial charge in [0.05, 0.1) is 18.0 Å². The standard InChI is InChI=1S/C17H20N2O.C7H14.C2H5Br.C2H6/c1-3-4-5-6-11-20-15-8-10-19-17(13-15)16-12-14(2)7-9-18-16;1-3-5-7-6-4-2;1-2-3;1-2/h3,7-10,12-13H,1,4-6,11H2,2H3;3H,1,4-7H2,2H3;2H2,1H3;1-2H3. The normalized spacial score (nSPS) is 9.06. The van der Waals surface area contributed by atoms with E-state index >= 15 is 0 Å². The average molecular weight is 506 g/mol. The van der Waals surface area contributed by atoms with Crippen LogP contribution in [0.2, 0.25) is 0 Å². The Balaban J connectivity index is 0. The van der Waals surface area contributed by atoms with E-state index in [1.165, 1.54) is 31.2 Å². The van der Waals surface area contributed by atoms with Gasteiger partial charge in [0, 0.05) is 23.8 Å². The van der Waals surface area contributed by atoms with Crippen molar-refractivity contribution >= 4 is 15.9 Å². The molecule has 0 aliphatic rings. The van der Waals surface area contributed by atoms with E-state index in [1.54, 1.807) is 12.4 Å². The highest BCUT2D eigenvalue weighted by molar-refractivity contribution is 9.09. The van der Waals surface area contributed by atoms with Crippen LogP contribution in [0.3, 0.4) is 0 Å². The highest BCUT2D eigenvalue weighted by atomic mass is 79.9. The monoisotopic (exact) mass is 504 g/mol. The fourth-order valence-electron chi connectivity index (χ4n) is 2.44. The van der Waals surface area contributed by atoms with E-state index in [2.05, 4.69) is 46.0 Å². The number of unbranched alkanes of at least 4 members (excludes halogenated alkanes) is 5. The summed E-state index contributed by atoms with van der Waals surface area (Å²) >= 11 is 3.15. The van der Waals surface area contributed by atoms with E-state index < -0.39 is 0 Å². The lowest BCUT2D eigenvalue weighted by Gasteiger charge is -2.07. The molecule has 2 rings (SSSR count). The van der Waals surface area contributed by atoms with Crippen LogP contribution in [-0.2, 0) is 0 Å². The van der Waals surface area contributed by atoms with Crippen LogP contribution in [0, 0.1) is 6.92 Å². The number of rotatable bonds is 11. The minimum Gasteiger partial charge on any atom is -0.493 e. The van der Waals surface area contributed by atoms with E-state index in [9.17, 15) is 0 Å². The van der Waals surface area contributed by atoms with Crippen LogP contribution in [-0.4, -0.2) is 21.9 Å². The SMILES string of the molecule is C=CCCCCC.C=CCCCCOc1ccnc(-c2cc(C)ccn2)c1.CC.CCBr. The Morgan fingerprint density at radius 1 is 0.875 bits per heavy atom. The molecule has 0 radical (unpaired) electrons. The first-order valence-corrected chi connectivity index (χ1v) is 13.0. The number of pyridine rings is 2. The molecule has 0 N–H and O–H groups in total. The van der Waals surface area contributed by atoms with Gasteiger partial charge in [-0.3, -0.25) is 9.97 Å². The molecule has 4 heteroatoms. The highest BCUT2D eigenvalue weighted by Crippen LogP contribution is 2.20. The maximum Gasteiger partial charge on any atom is 0.123 e. The number of hydrogen-bond donors (Lipinski definition) is 0. The number of ether oxygens (including phenoxy) is 1. The summed E-state index contributed by atoms with van der Waals surface area (Å²) in [7, 11) is 0. The molecule has 0 saturated heterocycles. The van der Waals surface area contributed by atoms with Gasteiger partial charge in [-0.2, -0.15) is 0 Å². The first kappa shape index (κ1) is 32.2. The van der Waals surface area contributed by atoms with Crippen LogP contribution < -0.4 is 4.74 Å². The summed E-state index contributed by atoms with van der Waals surface area (Å²) in [6, 6.07) is 7.82. The highest BCUT2D eigenvalue weighted by Gasteiger charge is 2.03. The molecular weight excluding hydrogens is 460 g/mol. The summed E-state index contributed by atoms with van der Waals surface area (Å²) in [5.41, 5.74) is 2.90. The van der Waals surface area contributed by atoms with E-state index in [0.29, 0.717) is 0 Å². The lowest BCUT2D eigenvalue weighted by Crippen LogP contribution is -1.98. The Kier molecular flexibility index (Phi) is 25.5. The summed E-state index contributed by atoms with van der Waals surface area (Å²) < 4.78 is 5.74. The van der Waals surface area contributed by atoms with E-state index in [-0.39, 0.29) is 0 Å². The van der Waals surface area contributed by atoms with Crippen LogP contribution in [0.4, 0.5) is 0 Å². The maximum atomic E-state index is 5.74.